The SMILES string of the molecule is FOCNc1cn2cc(-c3cccc(F)c3Cl)ccc2n1. The Bertz CT molecular complexity index is 791. The van der Waals surface area contributed by atoms with E-state index in [0.717, 1.165) is 5.56 Å². The average molecular weight is 310 g/mol. The predicted molar refractivity (Wildman–Crippen MR) is 76.3 cm³/mol. The van der Waals surface area contributed by atoms with Crippen LogP contribution in [0.2, 0.25) is 5.02 Å². The highest BCUT2D eigenvalue weighted by atomic mass is 35.5. The molecule has 2 aromatic heterocycles. The fraction of sp³-hybridized carbons (Fsp3) is 0.0714. The van der Waals surface area contributed by atoms with E-state index in [1.807, 2.05) is 0 Å². The Kier molecular flexibility index (Phi) is 3.72. The third kappa shape index (κ3) is 2.68. The molecule has 0 aliphatic carbocycles. The van der Waals surface area contributed by atoms with Gasteiger partial charge in [-0.2, -0.15) is 4.94 Å². The van der Waals surface area contributed by atoms with Gasteiger partial charge in [-0.15, -0.1) is 0 Å². The largest absolute Gasteiger partial charge is 0.343 e. The number of pyridine rings is 1. The third-order valence-corrected chi connectivity index (χ3v) is 3.41. The van der Waals surface area contributed by atoms with Crippen LogP contribution in [0.4, 0.5) is 14.7 Å². The Balaban J connectivity index is 2.02. The summed E-state index contributed by atoms with van der Waals surface area (Å²) in [5.74, 6) is -0.00233. The first-order valence-corrected chi connectivity index (χ1v) is 6.47. The molecule has 0 saturated carbocycles. The van der Waals surface area contributed by atoms with Crippen molar-refractivity contribution in [1.82, 2.24) is 9.38 Å². The number of nitrogens with one attached hydrogen (secondary N) is 1. The minimum absolute atomic E-state index is 0.0705. The highest BCUT2D eigenvalue weighted by Crippen LogP contribution is 2.30. The zero-order chi connectivity index (χ0) is 14.8. The van der Waals surface area contributed by atoms with Crippen molar-refractivity contribution in [3.05, 3.63) is 53.6 Å². The van der Waals surface area contributed by atoms with Gasteiger partial charge in [0.05, 0.1) is 11.2 Å². The smallest absolute Gasteiger partial charge is 0.158 e. The molecule has 108 valence electrons. The van der Waals surface area contributed by atoms with Crippen LogP contribution in [0.5, 0.6) is 0 Å². The van der Waals surface area contributed by atoms with Crippen LogP contribution in [0, 0.1) is 5.82 Å². The second-order valence-corrected chi connectivity index (χ2v) is 4.72. The van der Waals surface area contributed by atoms with Crippen LogP contribution in [0.3, 0.4) is 0 Å². The molecule has 0 spiro atoms. The van der Waals surface area contributed by atoms with Crippen molar-refractivity contribution < 1.29 is 13.9 Å². The number of anilines is 1. The lowest BCUT2D eigenvalue weighted by Crippen LogP contribution is -2.00. The third-order valence-electron chi connectivity index (χ3n) is 3.02. The molecule has 0 fully saturated rings. The Morgan fingerprint density at radius 3 is 2.90 bits per heavy atom. The quantitative estimate of drug-likeness (QED) is 0.739. The maximum atomic E-state index is 13.5. The summed E-state index contributed by atoms with van der Waals surface area (Å²) in [4.78, 5) is 7.67. The molecule has 0 aliphatic rings. The monoisotopic (exact) mass is 309 g/mol. The second kappa shape index (κ2) is 5.67. The van der Waals surface area contributed by atoms with Gasteiger partial charge >= 0.3 is 0 Å². The van der Waals surface area contributed by atoms with Gasteiger partial charge in [0.1, 0.15) is 17.3 Å². The van der Waals surface area contributed by atoms with Crippen LogP contribution in [0.25, 0.3) is 16.8 Å². The number of rotatable bonds is 4. The van der Waals surface area contributed by atoms with E-state index in [-0.39, 0.29) is 11.8 Å². The summed E-state index contributed by atoms with van der Waals surface area (Å²) < 4.78 is 26.9. The van der Waals surface area contributed by atoms with E-state index in [2.05, 4.69) is 15.2 Å². The molecular formula is C14H10ClF2N3O. The summed E-state index contributed by atoms with van der Waals surface area (Å²) >= 11 is 5.98. The first-order chi connectivity index (χ1) is 10.2. The highest BCUT2D eigenvalue weighted by molar-refractivity contribution is 6.33. The lowest BCUT2D eigenvalue weighted by atomic mass is 10.1. The Morgan fingerprint density at radius 2 is 2.10 bits per heavy atom. The van der Waals surface area contributed by atoms with E-state index in [0.29, 0.717) is 17.0 Å². The highest BCUT2D eigenvalue weighted by Gasteiger charge is 2.09. The summed E-state index contributed by atoms with van der Waals surface area (Å²) in [6.45, 7) is -0.285. The first kappa shape index (κ1) is 13.8. The zero-order valence-corrected chi connectivity index (χ0v) is 11.4. The molecule has 0 unspecified atom stereocenters. The van der Waals surface area contributed by atoms with E-state index in [1.165, 1.54) is 6.07 Å². The molecule has 0 atom stereocenters. The van der Waals surface area contributed by atoms with Gasteiger partial charge in [0.2, 0.25) is 0 Å². The Labute approximate surface area is 123 Å². The second-order valence-electron chi connectivity index (χ2n) is 4.34. The Hall–Kier alpha value is -2.18. The summed E-state index contributed by atoms with van der Waals surface area (Å²) in [6.07, 6.45) is 3.44. The van der Waals surface area contributed by atoms with E-state index < -0.39 is 5.82 Å². The molecule has 2 heterocycles. The van der Waals surface area contributed by atoms with Crippen molar-refractivity contribution in [2.75, 3.05) is 12.0 Å². The topological polar surface area (TPSA) is 38.6 Å². The fourth-order valence-electron chi connectivity index (χ4n) is 2.06. The number of hydrogen-bond donors (Lipinski definition) is 1. The molecule has 0 aliphatic heterocycles. The van der Waals surface area contributed by atoms with Gasteiger partial charge in [-0.3, -0.25) is 0 Å². The minimum atomic E-state index is -0.470. The molecule has 1 aromatic carbocycles. The average Bonchev–Trinajstić information content (AvgIpc) is 2.89. The molecular weight excluding hydrogens is 300 g/mol. The van der Waals surface area contributed by atoms with E-state index in [9.17, 15) is 8.92 Å². The fourth-order valence-corrected chi connectivity index (χ4v) is 2.30. The number of aromatic nitrogens is 2. The number of fused-ring (bicyclic) bond motifs is 1. The lowest BCUT2D eigenvalue weighted by Gasteiger charge is -2.05. The minimum Gasteiger partial charge on any atom is -0.343 e. The van der Waals surface area contributed by atoms with Gasteiger partial charge in [0, 0.05) is 17.3 Å². The molecule has 0 saturated heterocycles. The normalized spacial score (nSPS) is 11.0. The molecule has 3 rings (SSSR count). The van der Waals surface area contributed by atoms with Crippen molar-refractivity contribution in [2.24, 2.45) is 0 Å². The van der Waals surface area contributed by atoms with Crippen molar-refractivity contribution >= 4 is 23.1 Å². The van der Waals surface area contributed by atoms with Gasteiger partial charge in [0.15, 0.2) is 6.73 Å². The summed E-state index contributed by atoms with van der Waals surface area (Å²) in [5, 5.41) is 2.72. The molecule has 4 nitrogen and oxygen atoms in total. The number of hydrogen-bond acceptors (Lipinski definition) is 3. The van der Waals surface area contributed by atoms with Gasteiger partial charge < -0.3 is 9.72 Å². The van der Waals surface area contributed by atoms with Crippen LogP contribution in [-0.4, -0.2) is 16.1 Å². The Morgan fingerprint density at radius 1 is 1.24 bits per heavy atom. The molecule has 0 radical (unpaired) electrons. The van der Waals surface area contributed by atoms with Crippen LogP contribution in [-0.2, 0) is 4.94 Å². The number of benzene rings is 1. The zero-order valence-electron chi connectivity index (χ0n) is 10.7. The van der Waals surface area contributed by atoms with Gasteiger partial charge in [0.25, 0.3) is 0 Å². The first-order valence-electron chi connectivity index (χ1n) is 6.09. The summed E-state index contributed by atoms with van der Waals surface area (Å²) in [5.41, 5.74) is 2.00. The van der Waals surface area contributed by atoms with Gasteiger partial charge in [-0.25, -0.2) is 9.37 Å². The van der Waals surface area contributed by atoms with E-state index in [1.54, 1.807) is 41.1 Å². The van der Waals surface area contributed by atoms with E-state index in [4.69, 9.17) is 11.6 Å². The van der Waals surface area contributed by atoms with Crippen LogP contribution >= 0.6 is 11.6 Å². The lowest BCUT2D eigenvalue weighted by molar-refractivity contribution is -0.123. The molecule has 3 aromatic rings. The molecule has 0 bridgehead atoms. The van der Waals surface area contributed by atoms with Crippen LogP contribution in [0.15, 0.2) is 42.7 Å². The molecule has 0 amide bonds. The number of halogens is 3. The van der Waals surface area contributed by atoms with Gasteiger partial charge in [-0.05, 0) is 22.7 Å². The predicted octanol–water partition coefficient (Wildman–Crippen LogP) is 4.06. The van der Waals surface area contributed by atoms with Crippen LogP contribution < -0.4 is 5.32 Å². The summed E-state index contributed by atoms with van der Waals surface area (Å²) in [6, 6.07) is 8.19. The van der Waals surface area contributed by atoms with E-state index >= 15 is 0 Å². The maximum absolute atomic E-state index is 13.5. The standard InChI is InChI=1S/C14H10ClF2N3O/c15-14-10(2-1-3-11(14)16)9-4-5-13-19-12(18-8-21-17)7-20(13)6-9/h1-7,18H,8H2. The maximum Gasteiger partial charge on any atom is 0.158 e. The molecule has 7 heteroatoms. The number of imidazole rings is 1. The van der Waals surface area contributed by atoms with Crippen LogP contribution in [0.1, 0.15) is 0 Å². The summed E-state index contributed by atoms with van der Waals surface area (Å²) in [7, 11) is 0. The van der Waals surface area contributed by atoms with Crippen molar-refractivity contribution in [2.45, 2.75) is 0 Å². The van der Waals surface area contributed by atoms with Crippen molar-refractivity contribution in [1.29, 1.82) is 0 Å². The van der Waals surface area contributed by atoms with Gasteiger partial charge in [-0.1, -0.05) is 23.7 Å². The van der Waals surface area contributed by atoms with Crippen molar-refractivity contribution in [3.63, 3.8) is 0 Å². The number of nitrogens with zero attached hydrogens (tertiary/aromatic N) is 2. The molecule has 1 N–H and O–H groups in total. The molecule has 21 heavy (non-hydrogen) atoms. The van der Waals surface area contributed by atoms with Crippen molar-refractivity contribution in [3.8, 4) is 11.1 Å².